The SMILES string of the molecule is Cc1cc(C)n(Cc2cc(C3=CN(CC(=O)c4cccs4)C=CC3)n(-c3ccccn3)n2)n1. The minimum atomic E-state index is 0.107. The average molecular weight is 457 g/mol. The number of carbonyl (C=O) groups is 1. The molecule has 0 saturated carbocycles. The van der Waals surface area contributed by atoms with Crippen molar-refractivity contribution < 1.29 is 4.79 Å². The normalized spacial score (nSPS) is 13.4. The molecule has 4 aromatic rings. The first-order chi connectivity index (χ1) is 16.1. The summed E-state index contributed by atoms with van der Waals surface area (Å²) in [6.45, 7) is 4.92. The summed E-state index contributed by atoms with van der Waals surface area (Å²) in [5, 5.41) is 11.4. The van der Waals surface area contributed by atoms with Crippen LogP contribution in [0.25, 0.3) is 11.4 Å². The maximum absolute atomic E-state index is 12.6. The van der Waals surface area contributed by atoms with Crippen molar-refractivity contribution in [3.63, 3.8) is 0 Å². The Balaban J connectivity index is 1.48. The molecule has 0 unspecified atom stereocenters. The molecule has 4 aromatic heterocycles. The van der Waals surface area contributed by atoms with E-state index in [1.807, 2.05) is 76.2 Å². The molecular formula is C25H24N6OS. The first-order valence-electron chi connectivity index (χ1n) is 10.8. The van der Waals surface area contributed by atoms with Crippen LogP contribution >= 0.6 is 11.3 Å². The largest absolute Gasteiger partial charge is 0.346 e. The van der Waals surface area contributed by atoms with Gasteiger partial charge in [-0.3, -0.25) is 9.48 Å². The number of aryl methyl sites for hydroxylation is 2. The molecule has 5 heterocycles. The molecular weight excluding hydrogens is 432 g/mol. The average Bonchev–Trinajstić information content (AvgIpc) is 3.56. The number of pyridine rings is 1. The number of carbonyl (C=O) groups excluding carboxylic acids is 1. The number of hydrogen-bond acceptors (Lipinski definition) is 6. The van der Waals surface area contributed by atoms with E-state index in [2.05, 4.69) is 28.3 Å². The molecule has 0 atom stereocenters. The van der Waals surface area contributed by atoms with Crippen molar-refractivity contribution in [1.29, 1.82) is 0 Å². The van der Waals surface area contributed by atoms with Crippen LogP contribution in [0.3, 0.4) is 0 Å². The van der Waals surface area contributed by atoms with Crippen molar-refractivity contribution in [2.24, 2.45) is 0 Å². The summed E-state index contributed by atoms with van der Waals surface area (Å²) in [6, 6.07) is 13.7. The standard InChI is InChI=1S/C25H24N6OS/c1-18-13-19(2)30(27-18)16-21-14-22(31(28-21)25-9-3-4-10-26-25)20-7-5-11-29(15-20)17-23(32)24-8-6-12-33-24/h3-6,8-15H,7,16-17H2,1-2H3. The van der Waals surface area contributed by atoms with Gasteiger partial charge in [-0.25, -0.2) is 9.67 Å². The van der Waals surface area contributed by atoms with Crippen LogP contribution < -0.4 is 0 Å². The fraction of sp³-hybridized carbons (Fsp3) is 0.200. The van der Waals surface area contributed by atoms with Gasteiger partial charge in [-0.05, 0) is 61.6 Å². The first-order valence-corrected chi connectivity index (χ1v) is 11.7. The van der Waals surface area contributed by atoms with Crippen LogP contribution in [0.2, 0.25) is 0 Å². The zero-order chi connectivity index (χ0) is 22.8. The Morgan fingerprint density at radius 1 is 1.12 bits per heavy atom. The van der Waals surface area contributed by atoms with E-state index in [1.165, 1.54) is 11.3 Å². The first kappa shape index (κ1) is 21.1. The predicted molar refractivity (Wildman–Crippen MR) is 129 cm³/mol. The van der Waals surface area contributed by atoms with Gasteiger partial charge in [0, 0.05) is 24.3 Å². The highest BCUT2D eigenvalue weighted by atomic mass is 32.1. The van der Waals surface area contributed by atoms with E-state index in [4.69, 9.17) is 5.10 Å². The molecule has 0 saturated heterocycles. The van der Waals surface area contributed by atoms with Gasteiger partial charge in [0.2, 0.25) is 0 Å². The van der Waals surface area contributed by atoms with E-state index in [-0.39, 0.29) is 5.78 Å². The van der Waals surface area contributed by atoms with E-state index in [1.54, 1.807) is 6.20 Å². The Morgan fingerprint density at radius 2 is 2.03 bits per heavy atom. The summed E-state index contributed by atoms with van der Waals surface area (Å²) < 4.78 is 3.84. The summed E-state index contributed by atoms with van der Waals surface area (Å²) in [5.41, 5.74) is 5.03. The van der Waals surface area contributed by atoms with Crippen molar-refractivity contribution in [3.05, 3.63) is 100 Å². The molecule has 0 spiro atoms. The van der Waals surface area contributed by atoms with Crippen molar-refractivity contribution in [3.8, 4) is 5.82 Å². The molecule has 1 aliphatic heterocycles. The molecule has 33 heavy (non-hydrogen) atoms. The third-order valence-corrected chi connectivity index (χ3v) is 6.36. The highest BCUT2D eigenvalue weighted by Crippen LogP contribution is 2.27. The second kappa shape index (κ2) is 8.99. The molecule has 5 rings (SSSR count). The van der Waals surface area contributed by atoms with Gasteiger partial charge in [0.05, 0.1) is 35.0 Å². The van der Waals surface area contributed by atoms with Gasteiger partial charge in [0.25, 0.3) is 0 Å². The predicted octanol–water partition coefficient (Wildman–Crippen LogP) is 4.63. The van der Waals surface area contributed by atoms with Crippen molar-refractivity contribution in [1.82, 2.24) is 29.4 Å². The quantitative estimate of drug-likeness (QED) is 0.379. The number of ketones is 1. The Bertz CT molecular complexity index is 1330. The van der Waals surface area contributed by atoms with Crippen LogP contribution in [-0.4, -0.2) is 41.8 Å². The lowest BCUT2D eigenvalue weighted by Crippen LogP contribution is -2.21. The molecule has 8 heteroatoms. The summed E-state index contributed by atoms with van der Waals surface area (Å²) in [6.07, 6.45) is 8.60. The van der Waals surface area contributed by atoms with Gasteiger partial charge in [0.15, 0.2) is 11.6 Å². The molecule has 166 valence electrons. The molecule has 1 aliphatic rings. The molecule has 0 fully saturated rings. The fourth-order valence-electron chi connectivity index (χ4n) is 3.94. The molecule has 0 amide bonds. The number of allylic oxidation sites excluding steroid dienone is 2. The van der Waals surface area contributed by atoms with Crippen LogP contribution in [0.1, 0.15) is 38.9 Å². The number of aromatic nitrogens is 5. The van der Waals surface area contributed by atoms with Crippen molar-refractivity contribution in [2.75, 3.05) is 6.54 Å². The summed E-state index contributed by atoms with van der Waals surface area (Å²) in [5.74, 6) is 0.861. The number of nitrogens with zero attached hydrogens (tertiary/aromatic N) is 6. The van der Waals surface area contributed by atoms with E-state index in [0.717, 1.165) is 45.5 Å². The van der Waals surface area contributed by atoms with E-state index in [0.29, 0.717) is 13.1 Å². The number of hydrogen-bond donors (Lipinski definition) is 0. The Kier molecular flexibility index (Phi) is 5.75. The van der Waals surface area contributed by atoms with Crippen molar-refractivity contribution >= 4 is 22.7 Å². The van der Waals surface area contributed by atoms with Gasteiger partial charge in [-0.2, -0.15) is 10.2 Å². The van der Waals surface area contributed by atoms with Crippen LogP contribution in [0.15, 0.2) is 72.5 Å². The van der Waals surface area contributed by atoms with Crippen molar-refractivity contribution in [2.45, 2.75) is 26.8 Å². The maximum atomic E-state index is 12.6. The van der Waals surface area contributed by atoms with Gasteiger partial charge in [-0.15, -0.1) is 11.3 Å². The number of thiophene rings is 1. The van der Waals surface area contributed by atoms with Gasteiger partial charge >= 0.3 is 0 Å². The Labute approximate surface area is 196 Å². The highest BCUT2D eigenvalue weighted by molar-refractivity contribution is 7.12. The Hall–Kier alpha value is -3.78. The highest BCUT2D eigenvalue weighted by Gasteiger charge is 2.19. The molecule has 0 radical (unpaired) electrons. The van der Waals surface area contributed by atoms with E-state index in [9.17, 15) is 4.79 Å². The third kappa shape index (κ3) is 4.56. The second-order valence-corrected chi connectivity index (χ2v) is 8.97. The van der Waals surface area contributed by atoms with Crippen LogP contribution in [-0.2, 0) is 6.54 Å². The van der Waals surface area contributed by atoms with Gasteiger partial charge < -0.3 is 4.90 Å². The topological polar surface area (TPSA) is 68.8 Å². The zero-order valence-corrected chi connectivity index (χ0v) is 19.4. The minimum Gasteiger partial charge on any atom is -0.346 e. The summed E-state index contributed by atoms with van der Waals surface area (Å²) >= 11 is 1.47. The maximum Gasteiger partial charge on any atom is 0.192 e. The molecule has 0 aromatic carbocycles. The van der Waals surface area contributed by atoms with Crippen LogP contribution in [0, 0.1) is 13.8 Å². The van der Waals surface area contributed by atoms with Gasteiger partial charge in [-0.1, -0.05) is 18.2 Å². The zero-order valence-electron chi connectivity index (χ0n) is 18.5. The molecule has 0 N–H and O–H groups in total. The van der Waals surface area contributed by atoms with Crippen LogP contribution in [0.5, 0.6) is 0 Å². The Morgan fingerprint density at radius 3 is 2.76 bits per heavy atom. The molecule has 7 nitrogen and oxygen atoms in total. The monoisotopic (exact) mass is 456 g/mol. The number of Topliss-reactive ketones (excluding diaryl/α,β-unsaturated/α-hetero) is 1. The van der Waals surface area contributed by atoms with E-state index < -0.39 is 0 Å². The molecule has 0 bridgehead atoms. The van der Waals surface area contributed by atoms with E-state index >= 15 is 0 Å². The number of rotatable bonds is 7. The third-order valence-electron chi connectivity index (χ3n) is 5.45. The van der Waals surface area contributed by atoms with Crippen LogP contribution in [0.4, 0.5) is 0 Å². The van der Waals surface area contributed by atoms with Gasteiger partial charge in [0.1, 0.15) is 0 Å². The lowest BCUT2D eigenvalue weighted by atomic mass is 10.1. The lowest BCUT2D eigenvalue weighted by Gasteiger charge is -2.21. The fourth-order valence-corrected chi connectivity index (χ4v) is 4.60. The second-order valence-electron chi connectivity index (χ2n) is 8.02. The minimum absolute atomic E-state index is 0.107. The molecule has 0 aliphatic carbocycles. The summed E-state index contributed by atoms with van der Waals surface area (Å²) in [4.78, 5) is 19.8. The summed E-state index contributed by atoms with van der Waals surface area (Å²) in [7, 11) is 0. The smallest absolute Gasteiger partial charge is 0.192 e. The lowest BCUT2D eigenvalue weighted by molar-refractivity contribution is 0.0973.